The van der Waals surface area contributed by atoms with Crippen molar-refractivity contribution < 1.29 is 13.2 Å². The average Bonchev–Trinajstić information content (AvgIpc) is 2.87. The second kappa shape index (κ2) is 8.04. The van der Waals surface area contributed by atoms with E-state index in [0.717, 1.165) is 18.7 Å². The zero-order valence-electron chi connectivity index (χ0n) is 14.1. The van der Waals surface area contributed by atoms with E-state index in [2.05, 4.69) is 10.1 Å². The maximum absolute atomic E-state index is 12.7. The predicted molar refractivity (Wildman–Crippen MR) is 96.2 cm³/mol. The molecule has 0 atom stereocenters. The molecule has 0 spiro atoms. The third-order valence-corrected chi connectivity index (χ3v) is 5.01. The number of rotatable bonds is 3. The average molecular weight is 422 g/mol. The quantitative estimate of drug-likeness (QED) is 0.761. The summed E-state index contributed by atoms with van der Waals surface area (Å²) in [4.78, 5) is 20.0. The van der Waals surface area contributed by atoms with Crippen molar-refractivity contribution in [1.82, 2.24) is 19.7 Å². The molecule has 2 aromatic heterocycles. The van der Waals surface area contributed by atoms with Crippen molar-refractivity contribution >= 4 is 29.0 Å². The fourth-order valence-electron chi connectivity index (χ4n) is 2.82. The van der Waals surface area contributed by atoms with E-state index in [1.807, 2.05) is 9.80 Å². The molecule has 1 aliphatic heterocycles. The van der Waals surface area contributed by atoms with Gasteiger partial charge in [-0.1, -0.05) is 23.2 Å². The lowest BCUT2D eigenvalue weighted by molar-refractivity contribution is -0.137. The van der Waals surface area contributed by atoms with Gasteiger partial charge in [-0.2, -0.15) is 18.3 Å². The standard InChI is InChI=1S/C16H16Cl2F3N5O/c17-12-9-23-26(15(27)14(12)18)10-24-4-1-5-25(7-6-24)13-3-2-11(8-22-13)16(19,20)21/h2-3,8-9H,1,4-7,10H2. The summed E-state index contributed by atoms with van der Waals surface area (Å²) in [6.07, 6.45) is -1.47. The Balaban J connectivity index is 1.66. The molecule has 0 N–H and O–H groups in total. The van der Waals surface area contributed by atoms with E-state index < -0.39 is 17.3 Å². The van der Waals surface area contributed by atoms with Crippen LogP contribution in [0, 0.1) is 0 Å². The Bertz CT molecular complexity index is 857. The van der Waals surface area contributed by atoms with Crippen LogP contribution in [0.4, 0.5) is 19.0 Å². The highest BCUT2D eigenvalue weighted by Crippen LogP contribution is 2.29. The van der Waals surface area contributed by atoms with Crippen LogP contribution in [-0.4, -0.2) is 45.8 Å². The van der Waals surface area contributed by atoms with E-state index in [9.17, 15) is 18.0 Å². The van der Waals surface area contributed by atoms with Gasteiger partial charge in [0.1, 0.15) is 10.8 Å². The Hall–Kier alpha value is -1.84. The summed E-state index contributed by atoms with van der Waals surface area (Å²) in [6.45, 7) is 2.76. The van der Waals surface area contributed by atoms with Gasteiger partial charge in [0.25, 0.3) is 5.56 Å². The van der Waals surface area contributed by atoms with E-state index in [1.165, 1.54) is 16.9 Å². The topological polar surface area (TPSA) is 54.3 Å². The first-order valence-electron chi connectivity index (χ1n) is 8.17. The molecular formula is C16H16Cl2F3N5O. The van der Waals surface area contributed by atoms with Crippen LogP contribution in [-0.2, 0) is 12.8 Å². The lowest BCUT2D eigenvalue weighted by Crippen LogP contribution is -2.36. The molecular weight excluding hydrogens is 406 g/mol. The molecule has 0 aliphatic carbocycles. The molecule has 3 rings (SSSR count). The molecule has 6 nitrogen and oxygen atoms in total. The summed E-state index contributed by atoms with van der Waals surface area (Å²) in [6, 6.07) is 2.41. The van der Waals surface area contributed by atoms with Crippen LogP contribution in [0.3, 0.4) is 0 Å². The SMILES string of the molecule is O=c1c(Cl)c(Cl)cnn1CN1CCCN(c2ccc(C(F)(F)F)cn2)CC1. The third-order valence-electron chi connectivity index (χ3n) is 4.26. The van der Waals surface area contributed by atoms with Gasteiger partial charge in [-0.3, -0.25) is 9.69 Å². The van der Waals surface area contributed by atoms with Crippen LogP contribution in [0.15, 0.2) is 29.3 Å². The zero-order chi connectivity index (χ0) is 19.6. The Morgan fingerprint density at radius 2 is 1.85 bits per heavy atom. The van der Waals surface area contributed by atoms with Gasteiger partial charge < -0.3 is 4.90 Å². The highest BCUT2D eigenvalue weighted by atomic mass is 35.5. The highest BCUT2D eigenvalue weighted by Gasteiger charge is 2.31. The molecule has 2 aromatic rings. The smallest absolute Gasteiger partial charge is 0.355 e. The van der Waals surface area contributed by atoms with Gasteiger partial charge in [0.05, 0.1) is 23.5 Å². The second-order valence-electron chi connectivity index (χ2n) is 6.11. The normalized spacial score (nSPS) is 16.4. The maximum atomic E-state index is 12.7. The number of alkyl halides is 3. The number of aromatic nitrogens is 3. The van der Waals surface area contributed by atoms with Crippen molar-refractivity contribution in [2.75, 3.05) is 31.1 Å². The molecule has 1 saturated heterocycles. The summed E-state index contributed by atoms with van der Waals surface area (Å²) < 4.78 is 39.2. The van der Waals surface area contributed by atoms with Crippen molar-refractivity contribution in [2.45, 2.75) is 19.3 Å². The first kappa shape index (κ1) is 19.9. The summed E-state index contributed by atoms with van der Waals surface area (Å²) >= 11 is 11.6. The van der Waals surface area contributed by atoms with Crippen molar-refractivity contribution in [3.05, 3.63) is 50.5 Å². The van der Waals surface area contributed by atoms with Crippen LogP contribution in [0.5, 0.6) is 0 Å². The van der Waals surface area contributed by atoms with Crippen LogP contribution >= 0.6 is 23.2 Å². The summed E-state index contributed by atoms with van der Waals surface area (Å²) in [5.74, 6) is 0.495. The molecule has 3 heterocycles. The second-order valence-corrected chi connectivity index (χ2v) is 6.90. The summed E-state index contributed by atoms with van der Waals surface area (Å²) in [5.41, 5.74) is -1.23. The van der Waals surface area contributed by atoms with Gasteiger partial charge >= 0.3 is 6.18 Å². The van der Waals surface area contributed by atoms with Gasteiger partial charge in [0.2, 0.25) is 0 Å². The van der Waals surface area contributed by atoms with Crippen molar-refractivity contribution in [2.24, 2.45) is 0 Å². The van der Waals surface area contributed by atoms with E-state index in [4.69, 9.17) is 23.2 Å². The largest absolute Gasteiger partial charge is 0.417 e. The molecule has 11 heteroatoms. The van der Waals surface area contributed by atoms with E-state index in [0.29, 0.717) is 32.0 Å². The minimum atomic E-state index is -4.40. The minimum absolute atomic E-state index is 0.0722. The maximum Gasteiger partial charge on any atom is 0.417 e. The van der Waals surface area contributed by atoms with Crippen molar-refractivity contribution in [3.8, 4) is 0 Å². The molecule has 0 amide bonds. The highest BCUT2D eigenvalue weighted by molar-refractivity contribution is 6.41. The molecule has 0 aromatic carbocycles. The first-order valence-corrected chi connectivity index (χ1v) is 8.93. The number of halogens is 5. The van der Waals surface area contributed by atoms with Gasteiger partial charge in [-0.05, 0) is 18.6 Å². The van der Waals surface area contributed by atoms with Crippen molar-refractivity contribution in [3.63, 3.8) is 0 Å². The molecule has 1 aliphatic rings. The first-order chi connectivity index (χ1) is 12.8. The van der Waals surface area contributed by atoms with Gasteiger partial charge in [0, 0.05) is 32.4 Å². The Morgan fingerprint density at radius 3 is 2.52 bits per heavy atom. The van der Waals surface area contributed by atoms with Crippen LogP contribution in [0.1, 0.15) is 12.0 Å². The number of hydrogen-bond donors (Lipinski definition) is 0. The predicted octanol–water partition coefficient (Wildman–Crippen LogP) is 3.13. The molecule has 27 heavy (non-hydrogen) atoms. The van der Waals surface area contributed by atoms with E-state index >= 15 is 0 Å². The number of hydrogen-bond acceptors (Lipinski definition) is 5. The minimum Gasteiger partial charge on any atom is -0.355 e. The van der Waals surface area contributed by atoms with Gasteiger partial charge in [0.15, 0.2) is 0 Å². The van der Waals surface area contributed by atoms with Crippen LogP contribution in [0.25, 0.3) is 0 Å². The Morgan fingerprint density at radius 1 is 1.07 bits per heavy atom. The molecule has 1 fully saturated rings. The monoisotopic (exact) mass is 421 g/mol. The molecule has 0 radical (unpaired) electrons. The molecule has 0 bridgehead atoms. The zero-order valence-corrected chi connectivity index (χ0v) is 15.6. The lowest BCUT2D eigenvalue weighted by Gasteiger charge is -2.23. The number of anilines is 1. The van der Waals surface area contributed by atoms with E-state index in [-0.39, 0.29) is 16.7 Å². The molecule has 0 saturated carbocycles. The lowest BCUT2D eigenvalue weighted by atomic mass is 10.2. The Labute approximate surface area is 163 Å². The van der Waals surface area contributed by atoms with Crippen LogP contribution in [0.2, 0.25) is 10.0 Å². The summed E-state index contributed by atoms with van der Waals surface area (Å²) in [7, 11) is 0. The summed E-state index contributed by atoms with van der Waals surface area (Å²) in [5, 5.41) is 4.02. The number of pyridine rings is 1. The molecule has 146 valence electrons. The van der Waals surface area contributed by atoms with E-state index in [1.54, 1.807) is 0 Å². The fourth-order valence-corrected chi connectivity index (χ4v) is 3.09. The van der Waals surface area contributed by atoms with Crippen LogP contribution < -0.4 is 10.5 Å². The molecule has 0 unspecified atom stereocenters. The van der Waals surface area contributed by atoms with Gasteiger partial charge in [-0.15, -0.1) is 0 Å². The van der Waals surface area contributed by atoms with Gasteiger partial charge in [-0.25, -0.2) is 9.67 Å². The van der Waals surface area contributed by atoms with Crippen molar-refractivity contribution in [1.29, 1.82) is 0 Å². The fraction of sp³-hybridized carbons (Fsp3) is 0.438. The number of nitrogens with zero attached hydrogens (tertiary/aromatic N) is 5. The Kier molecular flexibility index (Phi) is 5.92. The third kappa shape index (κ3) is 4.72.